The molecule has 42 valence electrons. The highest BCUT2D eigenvalue weighted by Crippen LogP contribution is 1.94. The van der Waals surface area contributed by atoms with Gasteiger partial charge in [-0.15, -0.1) is 0 Å². The lowest BCUT2D eigenvalue weighted by molar-refractivity contribution is -0.119. The number of rotatable bonds is 1. The molecule has 0 aliphatic carbocycles. The summed E-state index contributed by atoms with van der Waals surface area (Å²) in [6.45, 7) is 1.78. The maximum Gasteiger partial charge on any atom is 0.233 e. The van der Waals surface area contributed by atoms with Crippen molar-refractivity contribution in [3.05, 3.63) is 0 Å². The smallest absolute Gasteiger partial charge is 0.233 e. The fourth-order valence-corrected chi connectivity index (χ4v) is 0.428. The predicted molar refractivity (Wildman–Crippen MR) is 32.5 cm³/mol. The summed E-state index contributed by atoms with van der Waals surface area (Å²) in [7, 11) is 1.61. The molecule has 0 aromatic carbocycles. The molecule has 1 atom stereocenters. The SMILES string of the molecule is CNC(=O)[C@@H](C)Br. The number of nitrogens with one attached hydrogen (secondary N) is 1. The standard InChI is InChI=1S/C4H8BrNO/c1-3(5)4(7)6-2/h3H,1-2H3,(H,6,7)/t3-/m1/s1. The van der Waals surface area contributed by atoms with Crippen molar-refractivity contribution in [2.24, 2.45) is 0 Å². The first kappa shape index (κ1) is 6.95. The molecule has 3 heteroatoms. The van der Waals surface area contributed by atoms with Gasteiger partial charge < -0.3 is 5.32 Å². The summed E-state index contributed by atoms with van der Waals surface area (Å²) in [4.78, 5) is 10.3. The minimum atomic E-state index is -0.0718. The Labute approximate surface area is 51.4 Å². The minimum Gasteiger partial charge on any atom is -0.358 e. The van der Waals surface area contributed by atoms with E-state index in [9.17, 15) is 4.79 Å². The third kappa shape index (κ3) is 2.62. The Bertz CT molecular complexity index is 72.1. The van der Waals surface area contributed by atoms with Gasteiger partial charge in [0.25, 0.3) is 0 Å². The van der Waals surface area contributed by atoms with Gasteiger partial charge in [-0.1, -0.05) is 15.9 Å². The van der Waals surface area contributed by atoms with Gasteiger partial charge in [0.15, 0.2) is 0 Å². The molecule has 1 N–H and O–H groups in total. The number of hydrogen-bond acceptors (Lipinski definition) is 1. The highest BCUT2D eigenvalue weighted by molar-refractivity contribution is 9.10. The Morgan fingerprint density at radius 2 is 2.29 bits per heavy atom. The third-order valence-electron chi connectivity index (χ3n) is 0.608. The number of amides is 1. The Kier molecular flexibility index (Phi) is 3.00. The number of carbonyl (C=O) groups excluding carboxylic acids is 1. The average Bonchev–Trinajstić information content (AvgIpc) is 1.65. The summed E-state index contributed by atoms with van der Waals surface area (Å²) < 4.78 is 0. The van der Waals surface area contributed by atoms with Crippen molar-refractivity contribution in [2.45, 2.75) is 11.8 Å². The molecule has 0 bridgehead atoms. The molecule has 0 heterocycles. The van der Waals surface area contributed by atoms with Gasteiger partial charge in [-0.25, -0.2) is 0 Å². The summed E-state index contributed by atoms with van der Waals surface area (Å²) in [5.74, 6) is 0.0139. The van der Waals surface area contributed by atoms with Crippen LogP contribution in [-0.4, -0.2) is 17.8 Å². The van der Waals surface area contributed by atoms with Crippen LogP contribution < -0.4 is 5.32 Å². The molecule has 0 aliphatic heterocycles. The van der Waals surface area contributed by atoms with Gasteiger partial charge >= 0.3 is 0 Å². The van der Waals surface area contributed by atoms with E-state index in [-0.39, 0.29) is 10.7 Å². The Morgan fingerprint density at radius 1 is 1.86 bits per heavy atom. The van der Waals surface area contributed by atoms with Crippen molar-refractivity contribution in [3.63, 3.8) is 0 Å². The normalized spacial score (nSPS) is 13.0. The van der Waals surface area contributed by atoms with E-state index in [4.69, 9.17) is 0 Å². The molecule has 0 aliphatic rings. The minimum absolute atomic E-state index is 0.0139. The first-order valence-corrected chi connectivity index (χ1v) is 2.95. The predicted octanol–water partition coefficient (Wildman–Crippen LogP) is 0.516. The van der Waals surface area contributed by atoms with E-state index in [0.29, 0.717) is 0 Å². The highest BCUT2D eigenvalue weighted by Gasteiger charge is 2.02. The maximum atomic E-state index is 10.4. The van der Waals surface area contributed by atoms with E-state index in [1.54, 1.807) is 14.0 Å². The summed E-state index contributed by atoms with van der Waals surface area (Å²) in [6, 6.07) is 0. The van der Waals surface area contributed by atoms with Gasteiger partial charge in [0.1, 0.15) is 0 Å². The molecular formula is C4H8BrNO. The Hall–Kier alpha value is -0.0500. The largest absolute Gasteiger partial charge is 0.358 e. The second kappa shape index (κ2) is 3.02. The fraction of sp³-hybridized carbons (Fsp3) is 0.750. The van der Waals surface area contributed by atoms with Crippen LogP contribution in [0.25, 0.3) is 0 Å². The van der Waals surface area contributed by atoms with Crippen LogP contribution in [0.4, 0.5) is 0 Å². The number of carbonyl (C=O) groups is 1. The molecule has 0 rings (SSSR count). The van der Waals surface area contributed by atoms with Crippen molar-refractivity contribution >= 4 is 21.8 Å². The zero-order valence-corrected chi connectivity index (χ0v) is 5.95. The Balaban J connectivity index is 3.35. The number of halogens is 1. The van der Waals surface area contributed by atoms with Crippen molar-refractivity contribution in [1.29, 1.82) is 0 Å². The van der Waals surface area contributed by atoms with Crippen molar-refractivity contribution in [2.75, 3.05) is 7.05 Å². The molecular weight excluding hydrogens is 158 g/mol. The van der Waals surface area contributed by atoms with Gasteiger partial charge in [-0.3, -0.25) is 4.79 Å². The zero-order chi connectivity index (χ0) is 5.86. The molecule has 2 nitrogen and oxygen atoms in total. The van der Waals surface area contributed by atoms with Crippen LogP contribution in [0.5, 0.6) is 0 Å². The molecule has 0 aromatic heterocycles. The summed E-state index contributed by atoms with van der Waals surface area (Å²) >= 11 is 3.09. The Morgan fingerprint density at radius 3 is 2.29 bits per heavy atom. The van der Waals surface area contributed by atoms with Crippen LogP contribution >= 0.6 is 15.9 Å². The molecule has 0 saturated heterocycles. The van der Waals surface area contributed by atoms with E-state index >= 15 is 0 Å². The summed E-state index contributed by atoms with van der Waals surface area (Å²) in [5, 5.41) is 2.48. The lowest BCUT2D eigenvalue weighted by atomic mass is 10.5. The fourth-order valence-electron chi connectivity index (χ4n) is 0.199. The monoisotopic (exact) mass is 165 g/mol. The topological polar surface area (TPSA) is 29.1 Å². The van der Waals surface area contributed by atoms with Gasteiger partial charge in [-0.2, -0.15) is 0 Å². The van der Waals surface area contributed by atoms with Gasteiger partial charge in [-0.05, 0) is 6.92 Å². The molecule has 0 saturated carbocycles. The first-order valence-electron chi connectivity index (χ1n) is 2.04. The van der Waals surface area contributed by atoms with Crippen LogP contribution in [0.2, 0.25) is 0 Å². The lowest BCUT2D eigenvalue weighted by Crippen LogP contribution is -2.24. The van der Waals surface area contributed by atoms with E-state index in [1.165, 1.54) is 0 Å². The van der Waals surface area contributed by atoms with Crippen LogP contribution in [-0.2, 0) is 4.79 Å². The van der Waals surface area contributed by atoms with Crippen LogP contribution in [0, 0.1) is 0 Å². The van der Waals surface area contributed by atoms with E-state index < -0.39 is 0 Å². The van der Waals surface area contributed by atoms with Gasteiger partial charge in [0.2, 0.25) is 5.91 Å². The van der Waals surface area contributed by atoms with Crippen LogP contribution in [0.15, 0.2) is 0 Å². The molecule has 0 radical (unpaired) electrons. The van der Waals surface area contributed by atoms with E-state index in [0.717, 1.165) is 0 Å². The van der Waals surface area contributed by atoms with Crippen molar-refractivity contribution in [3.8, 4) is 0 Å². The van der Waals surface area contributed by atoms with E-state index in [2.05, 4.69) is 21.2 Å². The molecule has 1 amide bonds. The zero-order valence-electron chi connectivity index (χ0n) is 4.36. The van der Waals surface area contributed by atoms with Crippen molar-refractivity contribution in [1.82, 2.24) is 5.32 Å². The molecule has 0 fully saturated rings. The molecule has 0 spiro atoms. The van der Waals surface area contributed by atoms with Crippen LogP contribution in [0.1, 0.15) is 6.92 Å². The van der Waals surface area contributed by atoms with Crippen molar-refractivity contribution < 1.29 is 4.79 Å². The van der Waals surface area contributed by atoms with E-state index in [1.807, 2.05) is 0 Å². The maximum absolute atomic E-state index is 10.4. The highest BCUT2D eigenvalue weighted by atomic mass is 79.9. The number of alkyl halides is 1. The molecule has 7 heavy (non-hydrogen) atoms. The van der Waals surface area contributed by atoms with Gasteiger partial charge in [0.05, 0.1) is 4.83 Å². The summed E-state index contributed by atoms with van der Waals surface area (Å²) in [5.41, 5.74) is 0. The second-order valence-corrected chi connectivity index (χ2v) is 2.60. The average molecular weight is 166 g/mol. The second-order valence-electron chi connectivity index (χ2n) is 1.23. The molecule has 0 unspecified atom stereocenters. The van der Waals surface area contributed by atoms with Crippen LogP contribution in [0.3, 0.4) is 0 Å². The third-order valence-corrected chi connectivity index (χ3v) is 1.02. The first-order chi connectivity index (χ1) is 3.18. The summed E-state index contributed by atoms with van der Waals surface area (Å²) in [6.07, 6.45) is 0. The van der Waals surface area contributed by atoms with Gasteiger partial charge in [0, 0.05) is 7.05 Å². The number of hydrogen-bond donors (Lipinski definition) is 1. The lowest BCUT2D eigenvalue weighted by Gasteiger charge is -1.96. The molecule has 0 aromatic rings. The quantitative estimate of drug-likeness (QED) is 0.565.